The summed E-state index contributed by atoms with van der Waals surface area (Å²) in [7, 11) is -3.31. The van der Waals surface area contributed by atoms with Gasteiger partial charge in [-0.2, -0.15) is 0 Å². The first-order chi connectivity index (χ1) is 12.3. The third-order valence-corrected chi connectivity index (χ3v) is 5.43. The number of hydrogen-bond acceptors (Lipinski definition) is 3. The zero-order valence-corrected chi connectivity index (χ0v) is 16.1. The molecule has 0 heterocycles. The van der Waals surface area contributed by atoms with Crippen LogP contribution in [0.15, 0.2) is 54.6 Å². The van der Waals surface area contributed by atoms with Crippen molar-refractivity contribution >= 4 is 15.9 Å². The lowest BCUT2D eigenvalue weighted by Gasteiger charge is -2.20. The van der Waals surface area contributed by atoms with Gasteiger partial charge < -0.3 is 5.32 Å². The molecule has 0 saturated heterocycles. The zero-order chi connectivity index (χ0) is 19.0. The molecule has 0 aromatic heterocycles. The molecule has 6 heteroatoms. The largest absolute Gasteiger partial charge is 0.354 e. The highest BCUT2D eigenvalue weighted by Gasteiger charge is 2.16. The topological polar surface area (TPSA) is 66.5 Å². The number of carbonyl (C=O) groups is 1. The lowest BCUT2D eigenvalue weighted by molar-refractivity contribution is -0.120. The molecular weight excluding hydrogens is 348 g/mol. The molecule has 0 aliphatic rings. The fraction of sp³-hybridized carbons (Fsp3) is 0.350. The number of carbonyl (C=O) groups excluding carboxylic acids is 1. The molecule has 0 aliphatic heterocycles. The summed E-state index contributed by atoms with van der Waals surface area (Å²) >= 11 is 0. The minimum atomic E-state index is -3.31. The molecule has 0 saturated carbocycles. The van der Waals surface area contributed by atoms with Crippen LogP contribution in [0.1, 0.15) is 16.7 Å². The number of nitrogens with zero attached hydrogens (tertiary/aromatic N) is 1. The first-order valence-electron chi connectivity index (χ1n) is 8.66. The quantitative estimate of drug-likeness (QED) is 0.731. The number of amides is 1. The number of sulfonamides is 1. The van der Waals surface area contributed by atoms with E-state index in [0.717, 1.165) is 16.7 Å². The van der Waals surface area contributed by atoms with E-state index >= 15 is 0 Å². The van der Waals surface area contributed by atoms with E-state index in [9.17, 15) is 13.2 Å². The fourth-order valence-electron chi connectivity index (χ4n) is 2.62. The zero-order valence-electron chi connectivity index (χ0n) is 15.3. The van der Waals surface area contributed by atoms with Crippen molar-refractivity contribution in [3.05, 3.63) is 71.3 Å². The van der Waals surface area contributed by atoms with E-state index in [-0.39, 0.29) is 12.5 Å². The van der Waals surface area contributed by atoms with Gasteiger partial charge in [0.25, 0.3) is 0 Å². The predicted octanol–water partition coefficient (Wildman–Crippen LogP) is 2.16. The van der Waals surface area contributed by atoms with Gasteiger partial charge in [-0.25, -0.2) is 12.7 Å². The van der Waals surface area contributed by atoms with Crippen molar-refractivity contribution in [1.82, 2.24) is 9.62 Å². The predicted molar refractivity (Wildman–Crippen MR) is 104 cm³/mol. The average Bonchev–Trinajstić information content (AvgIpc) is 2.59. The van der Waals surface area contributed by atoms with Crippen LogP contribution in [0.25, 0.3) is 0 Å². The Morgan fingerprint density at radius 2 is 1.62 bits per heavy atom. The number of aryl methyl sites for hydroxylation is 1. The molecule has 0 aliphatic carbocycles. The van der Waals surface area contributed by atoms with Gasteiger partial charge in [-0.05, 0) is 24.5 Å². The molecule has 2 aromatic rings. The Balaban J connectivity index is 1.81. The highest BCUT2D eigenvalue weighted by molar-refractivity contribution is 7.88. The fourth-order valence-corrected chi connectivity index (χ4v) is 3.46. The smallest absolute Gasteiger partial charge is 0.224 e. The van der Waals surface area contributed by atoms with Crippen LogP contribution in [0.2, 0.25) is 0 Å². The highest BCUT2D eigenvalue weighted by atomic mass is 32.2. The van der Waals surface area contributed by atoms with Crippen molar-refractivity contribution in [3.8, 4) is 0 Å². The van der Waals surface area contributed by atoms with Gasteiger partial charge in [0.1, 0.15) is 0 Å². The molecule has 140 valence electrons. The Hall–Kier alpha value is -2.18. The van der Waals surface area contributed by atoms with Gasteiger partial charge in [0, 0.05) is 19.6 Å². The van der Waals surface area contributed by atoms with E-state index in [1.54, 1.807) is 0 Å². The van der Waals surface area contributed by atoms with Crippen molar-refractivity contribution in [1.29, 1.82) is 0 Å². The van der Waals surface area contributed by atoms with Gasteiger partial charge in [-0.1, -0.05) is 60.2 Å². The highest BCUT2D eigenvalue weighted by Crippen LogP contribution is 2.05. The summed E-state index contributed by atoms with van der Waals surface area (Å²) in [4.78, 5) is 12.0. The number of hydrogen-bond donors (Lipinski definition) is 1. The molecule has 26 heavy (non-hydrogen) atoms. The van der Waals surface area contributed by atoms with Gasteiger partial charge in [0.2, 0.25) is 15.9 Å². The second-order valence-electron chi connectivity index (χ2n) is 6.41. The van der Waals surface area contributed by atoms with Crippen LogP contribution in [0.4, 0.5) is 0 Å². The van der Waals surface area contributed by atoms with Gasteiger partial charge in [0.15, 0.2) is 0 Å². The maximum atomic E-state index is 12.0. The molecule has 0 atom stereocenters. The lowest BCUT2D eigenvalue weighted by atomic mass is 10.1. The van der Waals surface area contributed by atoms with Gasteiger partial charge in [0.05, 0.1) is 12.7 Å². The summed E-state index contributed by atoms with van der Waals surface area (Å²) in [6, 6.07) is 17.6. The van der Waals surface area contributed by atoms with Crippen LogP contribution in [-0.2, 0) is 27.7 Å². The van der Waals surface area contributed by atoms with E-state index in [1.807, 2.05) is 61.5 Å². The van der Waals surface area contributed by atoms with E-state index < -0.39 is 10.0 Å². The van der Waals surface area contributed by atoms with Crippen LogP contribution >= 0.6 is 0 Å². The van der Waals surface area contributed by atoms with Crippen LogP contribution in [-0.4, -0.2) is 44.5 Å². The van der Waals surface area contributed by atoms with Crippen LogP contribution in [0.3, 0.4) is 0 Å². The average molecular weight is 375 g/mol. The van der Waals surface area contributed by atoms with Crippen LogP contribution in [0, 0.1) is 6.92 Å². The monoisotopic (exact) mass is 374 g/mol. The Labute approximate surface area is 156 Å². The van der Waals surface area contributed by atoms with Crippen LogP contribution < -0.4 is 5.32 Å². The van der Waals surface area contributed by atoms with Crippen molar-refractivity contribution in [3.63, 3.8) is 0 Å². The van der Waals surface area contributed by atoms with Crippen molar-refractivity contribution < 1.29 is 13.2 Å². The maximum absolute atomic E-state index is 12.0. The van der Waals surface area contributed by atoms with Crippen LogP contribution in [0.5, 0.6) is 0 Å². The molecule has 2 rings (SSSR count). The molecule has 0 spiro atoms. The summed E-state index contributed by atoms with van der Waals surface area (Å²) in [5.74, 6) is -0.106. The maximum Gasteiger partial charge on any atom is 0.224 e. The Morgan fingerprint density at radius 1 is 0.962 bits per heavy atom. The Morgan fingerprint density at radius 3 is 2.23 bits per heavy atom. The molecule has 1 N–H and O–H groups in total. The van der Waals surface area contributed by atoms with Crippen molar-refractivity contribution in [2.75, 3.05) is 25.9 Å². The summed E-state index contributed by atoms with van der Waals surface area (Å²) in [6.45, 7) is 2.97. The minimum absolute atomic E-state index is 0.106. The van der Waals surface area contributed by atoms with E-state index in [1.165, 1.54) is 10.6 Å². The molecular formula is C20H26N2O3S. The molecule has 2 aromatic carbocycles. The Bertz CT molecular complexity index is 803. The van der Waals surface area contributed by atoms with Crippen molar-refractivity contribution in [2.24, 2.45) is 0 Å². The minimum Gasteiger partial charge on any atom is -0.354 e. The molecule has 1 amide bonds. The van der Waals surface area contributed by atoms with E-state index in [4.69, 9.17) is 0 Å². The molecule has 0 fully saturated rings. The first kappa shape index (κ1) is 20.1. The summed E-state index contributed by atoms with van der Waals surface area (Å²) in [5.41, 5.74) is 3.18. The SMILES string of the molecule is Cc1ccc(CC(=O)NCCN(CCc2ccccc2)S(C)(=O)=O)cc1. The molecule has 0 radical (unpaired) electrons. The summed E-state index contributed by atoms with van der Waals surface area (Å²) in [6.07, 6.45) is 2.14. The number of rotatable bonds is 9. The van der Waals surface area contributed by atoms with E-state index in [0.29, 0.717) is 25.9 Å². The normalized spacial score (nSPS) is 11.5. The van der Waals surface area contributed by atoms with Gasteiger partial charge >= 0.3 is 0 Å². The molecule has 5 nitrogen and oxygen atoms in total. The third kappa shape index (κ3) is 6.98. The Kier molecular flexibility index (Phi) is 7.36. The van der Waals surface area contributed by atoms with Crippen molar-refractivity contribution in [2.45, 2.75) is 19.8 Å². The third-order valence-electron chi connectivity index (χ3n) is 4.13. The lowest BCUT2D eigenvalue weighted by Crippen LogP contribution is -2.39. The second kappa shape index (κ2) is 9.50. The standard InChI is InChI=1S/C20H26N2O3S/c1-17-8-10-19(11-9-17)16-20(23)21-13-15-22(26(2,24)25)14-12-18-6-4-3-5-7-18/h3-11H,12-16H2,1-2H3,(H,21,23). The number of nitrogens with one attached hydrogen (secondary N) is 1. The molecule has 0 unspecified atom stereocenters. The van der Waals surface area contributed by atoms with E-state index in [2.05, 4.69) is 5.32 Å². The van der Waals surface area contributed by atoms with Gasteiger partial charge in [-0.15, -0.1) is 0 Å². The number of benzene rings is 2. The summed E-state index contributed by atoms with van der Waals surface area (Å²) < 4.78 is 25.3. The van der Waals surface area contributed by atoms with Gasteiger partial charge in [-0.3, -0.25) is 4.79 Å². The summed E-state index contributed by atoms with van der Waals surface area (Å²) in [5, 5.41) is 2.80. The first-order valence-corrected chi connectivity index (χ1v) is 10.5. The molecule has 0 bridgehead atoms. The second-order valence-corrected chi connectivity index (χ2v) is 8.39.